The Morgan fingerprint density at radius 2 is 1.36 bits per heavy atom. The van der Waals surface area contributed by atoms with Crippen molar-refractivity contribution in [2.24, 2.45) is 0 Å². The maximum atomic E-state index is 13.6. The number of nitrogens with zero attached hydrogens (tertiary/aromatic N) is 2. The van der Waals surface area contributed by atoms with Gasteiger partial charge in [-0.25, -0.2) is 9.59 Å². The van der Waals surface area contributed by atoms with E-state index in [0.717, 1.165) is 5.56 Å². The van der Waals surface area contributed by atoms with Gasteiger partial charge in [-0.1, -0.05) is 12.1 Å². The van der Waals surface area contributed by atoms with Gasteiger partial charge in [-0.05, 0) is 84.9 Å². The monoisotopic (exact) mass is 635 g/mol. The third-order valence-electron chi connectivity index (χ3n) is 7.06. The third-order valence-corrected chi connectivity index (χ3v) is 7.06. The second-order valence-corrected chi connectivity index (χ2v) is 13.4. The lowest BCUT2D eigenvalue weighted by Gasteiger charge is -2.34. The molecule has 2 heterocycles. The number of piperidine rings is 2. The summed E-state index contributed by atoms with van der Waals surface area (Å²) in [5, 5.41) is 14.0. The van der Waals surface area contributed by atoms with Crippen LogP contribution in [0.4, 0.5) is 4.79 Å². The number of phenols is 1. The summed E-state index contributed by atoms with van der Waals surface area (Å²) in [6.45, 7) is 12.0. The number of rotatable bonds is 11. The molecule has 1 aromatic rings. The molecule has 2 amide bonds. The summed E-state index contributed by atoms with van der Waals surface area (Å²) < 4.78 is 22.0. The molecule has 2 saturated heterocycles. The van der Waals surface area contributed by atoms with Crippen molar-refractivity contribution >= 4 is 23.9 Å². The zero-order valence-electron chi connectivity index (χ0n) is 27.3. The Balaban J connectivity index is 1.48. The fourth-order valence-electron chi connectivity index (χ4n) is 4.98. The molecule has 0 aromatic heterocycles. The highest BCUT2D eigenvalue weighted by Crippen LogP contribution is 2.19. The van der Waals surface area contributed by atoms with E-state index in [2.05, 4.69) is 5.32 Å². The number of hydrogen-bond donors (Lipinski definition) is 2. The Morgan fingerprint density at radius 3 is 1.91 bits per heavy atom. The van der Waals surface area contributed by atoms with Crippen molar-refractivity contribution in [1.82, 2.24) is 15.3 Å². The van der Waals surface area contributed by atoms with E-state index in [1.165, 1.54) is 17.2 Å². The highest BCUT2D eigenvalue weighted by atomic mass is 16.8. The van der Waals surface area contributed by atoms with Crippen LogP contribution < -0.4 is 5.32 Å². The van der Waals surface area contributed by atoms with E-state index in [-0.39, 0.29) is 43.5 Å². The Kier molecular flexibility index (Phi) is 13.0. The smallest absolute Gasteiger partial charge is 0.508 e. The Morgan fingerprint density at radius 1 is 0.822 bits per heavy atom. The van der Waals surface area contributed by atoms with Gasteiger partial charge in [0, 0.05) is 32.6 Å². The first-order valence-electron chi connectivity index (χ1n) is 15.5. The van der Waals surface area contributed by atoms with Crippen LogP contribution in [0.5, 0.6) is 5.75 Å². The summed E-state index contributed by atoms with van der Waals surface area (Å²) in [6, 6.07) is 5.65. The quantitative estimate of drug-likeness (QED) is 0.345. The molecule has 2 N–H and O–H groups in total. The number of benzene rings is 1. The molecule has 13 nitrogen and oxygen atoms in total. The number of phenolic OH excluding ortho intramolecular Hbond substituents is 1. The number of carbonyl (C=O) groups excluding carboxylic acids is 4. The molecule has 2 aliphatic heterocycles. The number of ether oxygens (including phenoxy) is 4. The number of aromatic hydroxyl groups is 1. The summed E-state index contributed by atoms with van der Waals surface area (Å²) in [5.74, 6) is -0.973. The van der Waals surface area contributed by atoms with E-state index in [1.54, 1.807) is 58.6 Å². The predicted octanol–water partition coefficient (Wildman–Crippen LogP) is 3.12. The highest BCUT2D eigenvalue weighted by molar-refractivity contribution is 5.88. The van der Waals surface area contributed by atoms with Gasteiger partial charge in [-0.15, -0.1) is 5.06 Å². The number of nitrogens with one attached hydrogen (secondary N) is 1. The van der Waals surface area contributed by atoms with Crippen LogP contribution in [0.2, 0.25) is 0 Å². The van der Waals surface area contributed by atoms with Crippen LogP contribution in [0.1, 0.15) is 72.8 Å². The third kappa shape index (κ3) is 13.6. The fraction of sp³-hybridized carbons (Fsp3) is 0.688. The van der Waals surface area contributed by atoms with Crippen LogP contribution in [-0.4, -0.2) is 108 Å². The fourth-order valence-corrected chi connectivity index (χ4v) is 4.98. The van der Waals surface area contributed by atoms with Crippen molar-refractivity contribution in [2.75, 3.05) is 39.4 Å². The number of esters is 1. The van der Waals surface area contributed by atoms with E-state index in [4.69, 9.17) is 23.8 Å². The zero-order valence-corrected chi connectivity index (χ0v) is 27.3. The summed E-state index contributed by atoms with van der Waals surface area (Å²) >= 11 is 0. The molecule has 0 unspecified atom stereocenters. The second-order valence-electron chi connectivity index (χ2n) is 13.4. The van der Waals surface area contributed by atoms with Gasteiger partial charge in [-0.2, -0.15) is 0 Å². The van der Waals surface area contributed by atoms with Crippen LogP contribution in [-0.2, 0) is 44.6 Å². The SMILES string of the molecule is CC(C)(C)OC(=O)COC1CCN(C(=O)[C@H](Cc2ccc(O)cc2)NC(=O)COC2CCN(OC(=O)OC(C)(C)C)CC2)CC1. The standard InChI is InChI=1S/C32H49N3O10/c1-31(2,3)43-28(38)21-42-24-11-15-34(16-12-24)29(39)26(19-22-7-9-23(36)10-8-22)33-27(37)20-41-25-13-17-35(18-14-25)45-30(40)44-32(4,5)6/h7-10,24-26,36H,11-21H2,1-6H3,(H,33,37)/t26-/m0/s1. The molecule has 2 fully saturated rings. The topological polar surface area (TPSA) is 153 Å². The number of amides is 2. The minimum Gasteiger partial charge on any atom is -0.508 e. The lowest BCUT2D eigenvalue weighted by Crippen LogP contribution is -2.53. The van der Waals surface area contributed by atoms with Gasteiger partial charge in [-0.3, -0.25) is 9.59 Å². The molecule has 0 bridgehead atoms. The van der Waals surface area contributed by atoms with Gasteiger partial charge in [0.15, 0.2) is 0 Å². The van der Waals surface area contributed by atoms with Crippen molar-refractivity contribution < 1.29 is 48.1 Å². The Labute approximate surface area is 265 Å². The lowest BCUT2D eigenvalue weighted by atomic mass is 10.0. The molecule has 0 radical (unpaired) electrons. The molecule has 0 saturated carbocycles. The molecular weight excluding hydrogens is 586 g/mol. The van der Waals surface area contributed by atoms with Gasteiger partial charge in [0.25, 0.3) is 0 Å². The lowest BCUT2D eigenvalue weighted by molar-refractivity contribution is -0.166. The number of hydrogen-bond acceptors (Lipinski definition) is 11. The largest absolute Gasteiger partial charge is 0.528 e. The normalized spacial score (nSPS) is 17.8. The molecule has 0 spiro atoms. The van der Waals surface area contributed by atoms with E-state index in [1.807, 2.05) is 0 Å². The van der Waals surface area contributed by atoms with Crippen LogP contribution in [0, 0.1) is 0 Å². The predicted molar refractivity (Wildman–Crippen MR) is 163 cm³/mol. The van der Waals surface area contributed by atoms with Crippen LogP contribution in [0.3, 0.4) is 0 Å². The molecule has 2 aliphatic rings. The number of carbonyl (C=O) groups is 4. The van der Waals surface area contributed by atoms with Crippen molar-refractivity contribution in [3.8, 4) is 5.75 Å². The maximum absolute atomic E-state index is 13.6. The average Bonchev–Trinajstić information content (AvgIpc) is 2.94. The van der Waals surface area contributed by atoms with E-state index in [0.29, 0.717) is 51.9 Å². The molecule has 252 valence electrons. The summed E-state index contributed by atoms with van der Waals surface area (Å²) in [6.07, 6.45) is 1.29. The van der Waals surface area contributed by atoms with Gasteiger partial charge < -0.3 is 39.1 Å². The summed E-state index contributed by atoms with van der Waals surface area (Å²) in [4.78, 5) is 57.4. The second kappa shape index (κ2) is 16.2. The van der Waals surface area contributed by atoms with Crippen LogP contribution >= 0.6 is 0 Å². The highest BCUT2D eigenvalue weighted by Gasteiger charge is 2.31. The average molecular weight is 636 g/mol. The minimum absolute atomic E-state index is 0.107. The molecule has 0 aliphatic carbocycles. The zero-order chi connectivity index (χ0) is 33.2. The molecule has 1 aromatic carbocycles. The van der Waals surface area contributed by atoms with E-state index < -0.39 is 35.3 Å². The first-order chi connectivity index (χ1) is 21.1. The van der Waals surface area contributed by atoms with Crippen molar-refractivity contribution in [2.45, 2.75) is 103 Å². The first-order valence-corrected chi connectivity index (χ1v) is 15.5. The van der Waals surface area contributed by atoms with Gasteiger partial charge in [0.2, 0.25) is 11.8 Å². The summed E-state index contributed by atoms with van der Waals surface area (Å²) in [5.41, 5.74) is -0.463. The van der Waals surface area contributed by atoms with E-state index in [9.17, 15) is 24.3 Å². The molecule has 13 heteroatoms. The van der Waals surface area contributed by atoms with Gasteiger partial charge in [0.1, 0.15) is 36.2 Å². The van der Waals surface area contributed by atoms with Crippen molar-refractivity contribution in [3.63, 3.8) is 0 Å². The van der Waals surface area contributed by atoms with Crippen LogP contribution in [0.25, 0.3) is 0 Å². The van der Waals surface area contributed by atoms with E-state index >= 15 is 0 Å². The molecule has 45 heavy (non-hydrogen) atoms. The Hall–Kier alpha value is -3.42. The Bertz CT molecular complexity index is 1130. The first kappa shape index (κ1) is 36.1. The van der Waals surface area contributed by atoms with Gasteiger partial charge >= 0.3 is 12.1 Å². The maximum Gasteiger partial charge on any atom is 0.528 e. The summed E-state index contributed by atoms with van der Waals surface area (Å²) in [7, 11) is 0. The number of hydroxylamine groups is 2. The van der Waals surface area contributed by atoms with Crippen molar-refractivity contribution in [3.05, 3.63) is 29.8 Å². The minimum atomic E-state index is -0.839. The molecule has 3 rings (SSSR count). The van der Waals surface area contributed by atoms with Gasteiger partial charge in [0.05, 0.1) is 12.2 Å². The van der Waals surface area contributed by atoms with Crippen LogP contribution in [0.15, 0.2) is 24.3 Å². The molecular formula is C32H49N3O10. The molecule has 1 atom stereocenters. The van der Waals surface area contributed by atoms with Crippen molar-refractivity contribution in [1.29, 1.82) is 0 Å². The number of likely N-dealkylation sites (tertiary alicyclic amines) is 1.